The van der Waals surface area contributed by atoms with E-state index >= 15 is 0 Å². The van der Waals surface area contributed by atoms with E-state index in [9.17, 15) is 14.7 Å². The zero-order valence-electron chi connectivity index (χ0n) is 10.1. The van der Waals surface area contributed by atoms with Crippen molar-refractivity contribution < 1.29 is 19.4 Å². The Morgan fingerprint density at radius 3 is 2.47 bits per heavy atom. The molecule has 1 amide bonds. The van der Waals surface area contributed by atoms with Gasteiger partial charge in [0.15, 0.2) is 0 Å². The first-order chi connectivity index (χ1) is 8.13. The van der Waals surface area contributed by atoms with E-state index in [0.29, 0.717) is 24.8 Å². The molecule has 3 unspecified atom stereocenters. The topological polar surface area (TPSA) is 66.8 Å². The third-order valence-electron chi connectivity index (χ3n) is 4.09. The van der Waals surface area contributed by atoms with Crippen LogP contribution in [0.3, 0.4) is 0 Å². The van der Waals surface area contributed by atoms with Crippen molar-refractivity contribution in [1.82, 2.24) is 4.90 Å². The first kappa shape index (κ1) is 12.2. The number of carbonyl (C=O) groups excluding carboxylic acids is 1. The second-order valence-electron chi connectivity index (χ2n) is 5.02. The highest BCUT2D eigenvalue weighted by Gasteiger charge is 2.42. The van der Waals surface area contributed by atoms with Crippen LogP contribution in [0.15, 0.2) is 0 Å². The summed E-state index contributed by atoms with van der Waals surface area (Å²) in [5.41, 5.74) is 0. The lowest BCUT2D eigenvalue weighted by molar-refractivity contribution is -0.146. The average Bonchev–Trinajstić information content (AvgIpc) is 2.36. The van der Waals surface area contributed by atoms with Crippen LogP contribution in [0.1, 0.15) is 32.1 Å². The Balaban J connectivity index is 2.13. The number of likely N-dealkylation sites (tertiary alicyclic amines) is 1. The Morgan fingerprint density at radius 2 is 1.88 bits per heavy atom. The molecule has 5 nitrogen and oxygen atoms in total. The Labute approximate surface area is 101 Å². The van der Waals surface area contributed by atoms with Crippen molar-refractivity contribution in [2.75, 3.05) is 13.7 Å². The van der Waals surface area contributed by atoms with Crippen molar-refractivity contribution in [3.63, 3.8) is 0 Å². The van der Waals surface area contributed by atoms with E-state index in [0.717, 1.165) is 12.8 Å². The predicted molar refractivity (Wildman–Crippen MR) is 60.6 cm³/mol. The SMILES string of the molecule is COC(=O)N1CC2CCCCC2CC1C(=O)O. The summed E-state index contributed by atoms with van der Waals surface area (Å²) >= 11 is 0. The van der Waals surface area contributed by atoms with E-state index in [1.807, 2.05) is 0 Å². The normalized spacial score (nSPS) is 32.8. The number of aliphatic carboxylic acids is 1. The number of fused-ring (bicyclic) bond motifs is 1. The molecule has 5 heteroatoms. The van der Waals surface area contributed by atoms with Gasteiger partial charge in [-0.05, 0) is 24.7 Å². The molecule has 1 N–H and O–H groups in total. The zero-order chi connectivity index (χ0) is 12.4. The van der Waals surface area contributed by atoms with E-state index in [1.54, 1.807) is 0 Å². The number of carbonyl (C=O) groups is 2. The average molecular weight is 241 g/mol. The van der Waals surface area contributed by atoms with Gasteiger partial charge in [-0.15, -0.1) is 0 Å². The van der Waals surface area contributed by atoms with Crippen LogP contribution in [-0.4, -0.2) is 41.8 Å². The third kappa shape index (κ3) is 2.37. The van der Waals surface area contributed by atoms with Gasteiger partial charge in [0.1, 0.15) is 6.04 Å². The van der Waals surface area contributed by atoms with Gasteiger partial charge >= 0.3 is 12.1 Å². The number of nitrogens with zero attached hydrogens (tertiary/aromatic N) is 1. The molecule has 0 aromatic carbocycles. The van der Waals surface area contributed by atoms with Crippen LogP contribution in [0.25, 0.3) is 0 Å². The first-order valence-electron chi connectivity index (χ1n) is 6.21. The zero-order valence-corrected chi connectivity index (χ0v) is 10.1. The van der Waals surface area contributed by atoms with E-state index in [1.165, 1.54) is 24.9 Å². The summed E-state index contributed by atoms with van der Waals surface area (Å²) in [5.74, 6) is 0.00336. The van der Waals surface area contributed by atoms with Gasteiger partial charge in [0, 0.05) is 6.54 Å². The Hall–Kier alpha value is -1.26. The fraction of sp³-hybridized carbons (Fsp3) is 0.833. The molecule has 2 rings (SSSR count). The smallest absolute Gasteiger partial charge is 0.410 e. The second kappa shape index (κ2) is 4.94. The van der Waals surface area contributed by atoms with E-state index in [4.69, 9.17) is 0 Å². The minimum atomic E-state index is -0.917. The highest BCUT2D eigenvalue weighted by atomic mass is 16.5. The van der Waals surface area contributed by atoms with Gasteiger partial charge in [-0.3, -0.25) is 4.90 Å². The number of rotatable bonds is 1. The molecular formula is C12H19NO4. The number of carboxylic acids is 1. The molecule has 1 saturated carbocycles. The van der Waals surface area contributed by atoms with Gasteiger partial charge in [0.05, 0.1) is 7.11 Å². The minimum absolute atomic E-state index is 0.457. The van der Waals surface area contributed by atoms with Crippen LogP contribution < -0.4 is 0 Å². The number of amides is 1. The highest BCUT2D eigenvalue weighted by molar-refractivity contribution is 5.80. The maximum Gasteiger partial charge on any atom is 0.410 e. The maximum absolute atomic E-state index is 11.6. The number of carboxylic acid groups (broad SMARTS) is 1. The monoisotopic (exact) mass is 241 g/mol. The van der Waals surface area contributed by atoms with Crippen LogP contribution in [0.2, 0.25) is 0 Å². The predicted octanol–water partition coefficient (Wildman–Crippen LogP) is 1.72. The summed E-state index contributed by atoms with van der Waals surface area (Å²) in [6.45, 7) is 0.536. The third-order valence-corrected chi connectivity index (χ3v) is 4.09. The molecule has 1 heterocycles. The van der Waals surface area contributed by atoms with E-state index < -0.39 is 18.1 Å². The molecule has 0 aromatic rings. The summed E-state index contributed by atoms with van der Waals surface area (Å²) in [5, 5.41) is 9.19. The lowest BCUT2D eigenvalue weighted by Gasteiger charge is -2.43. The fourth-order valence-corrected chi connectivity index (χ4v) is 3.18. The van der Waals surface area contributed by atoms with Gasteiger partial charge < -0.3 is 9.84 Å². The molecule has 2 aliphatic rings. The van der Waals surface area contributed by atoms with Crippen molar-refractivity contribution >= 4 is 12.1 Å². The van der Waals surface area contributed by atoms with Gasteiger partial charge in [0.2, 0.25) is 0 Å². The fourth-order valence-electron chi connectivity index (χ4n) is 3.18. The molecule has 1 aliphatic heterocycles. The van der Waals surface area contributed by atoms with Crippen molar-refractivity contribution in [2.45, 2.75) is 38.1 Å². The van der Waals surface area contributed by atoms with Crippen LogP contribution in [-0.2, 0) is 9.53 Å². The lowest BCUT2D eigenvalue weighted by Crippen LogP contribution is -2.54. The molecular weight excluding hydrogens is 222 g/mol. The summed E-state index contributed by atoms with van der Waals surface area (Å²) < 4.78 is 4.67. The Morgan fingerprint density at radius 1 is 1.24 bits per heavy atom. The first-order valence-corrected chi connectivity index (χ1v) is 6.21. The molecule has 0 radical (unpaired) electrons. The Bertz CT molecular complexity index is 318. The summed E-state index contributed by atoms with van der Waals surface area (Å²) in [7, 11) is 1.30. The van der Waals surface area contributed by atoms with Gasteiger partial charge in [-0.1, -0.05) is 19.3 Å². The number of ether oxygens (including phenoxy) is 1. The summed E-state index contributed by atoms with van der Waals surface area (Å²) in [6.07, 6.45) is 4.64. The number of methoxy groups -OCH3 is 1. The molecule has 3 atom stereocenters. The molecule has 0 bridgehead atoms. The molecule has 96 valence electrons. The largest absolute Gasteiger partial charge is 0.480 e. The quantitative estimate of drug-likeness (QED) is 0.759. The Kier molecular flexibility index (Phi) is 3.54. The standard InChI is InChI=1S/C12H19NO4/c1-17-12(16)13-7-9-5-3-2-4-8(9)6-10(13)11(14)15/h8-10H,2-7H2,1H3,(H,14,15). The summed E-state index contributed by atoms with van der Waals surface area (Å²) in [4.78, 5) is 24.2. The molecule has 0 spiro atoms. The van der Waals surface area contributed by atoms with Crippen LogP contribution in [0.5, 0.6) is 0 Å². The van der Waals surface area contributed by atoms with Crippen LogP contribution in [0.4, 0.5) is 4.79 Å². The lowest BCUT2D eigenvalue weighted by atomic mass is 9.73. The maximum atomic E-state index is 11.6. The molecule has 1 saturated heterocycles. The van der Waals surface area contributed by atoms with Crippen molar-refractivity contribution in [2.24, 2.45) is 11.8 Å². The second-order valence-corrected chi connectivity index (χ2v) is 5.02. The number of hydrogen-bond donors (Lipinski definition) is 1. The summed E-state index contributed by atoms with van der Waals surface area (Å²) in [6, 6.07) is -0.707. The van der Waals surface area contributed by atoms with Gasteiger partial charge in [-0.25, -0.2) is 9.59 Å². The van der Waals surface area contributed by atoms with Gasteiger partial charge in [-0.2, -0.15) is 0 Å². The number of hydrogen-bond acceptors (Lipinski definition) is 3. The van der Waals surface area contributed by atoms with Crippen molar-refractivity contribution in [3.8, 4) is 0 Å². The van der Waals surface area contributed by atoms with Crippen LogP contribution >= 0.6 is 0 Å². The van der Waals surface area contributed by atoms with E-state index in [2.05, 4.69) is 4.74 Å². The van der Waals surface area contributed by atoms with Crippen molar-refractivity contribution in [1.29, 1.82) is 0 Å². The molecule has 17 heavy (non-hydrogen) atoms. The molecule has 2 fully saturated rings. The van der Waals surface area contributed by atoms with Gasteiger partial charge in [0.25, 0.3) is 0 Å². The molecule has 1 aliphatic carbocycles. The minimum Gasteiger partial charge on any atom is -0.480 e. The highest BCUT2D eigenvalue weighted by Crippen LogP contribution is 2.38. The number of piperidine rings is 1. The van der Waals surface area contributed by atoms with Crippen LogP contribution in [0, 0.1) is 11.8 Å². The molecule has 0 aromatic heterocycles. The van der Waals surface area contributed by atoms with E-state index in [-0.39, 0.29) is 0 Å². The van der Waals surface area contributed by atoms with Crippen molar-refractivity contribution in [3.05, 3.63) is 0 Å².